The highest BCUT2D eigenvalue weighted by Gasteiger charge is 2.36. The van der Waals surface area contributed by atoms with Gasteiger partial charge in [0.2, 0.25) is 0 Å². The molecule has 35 heavy (non-hydrogen) atoms. The fourth-order valence-electron chi connectivity index (χ4n) is 6.93. The van der Waals surface area contributed by atoms with E-state index in [1.807, 2.05) is 0 Å². The van der Waals surface area contributed by atoms with Crippen molar-refractivity contribution in [3.05, 3.63) is 102 Å². The van der Waals surface area contributed by atoms with E-state index in [2.05, 4.69) is 109 Å². The summed E-state index contributed by atoms with van der Waals surface area (Å²) in [6, 6.07) is 33.3. The van der Waals surface area contributed by atoms with E-state index in [0.717, 1.165) is 11.2 Å². The Kier molecular flexibility index (Phi) is 2.93. The second-order valence-corrected chi connectivity index (χ2v) is 10.6. The molecule has 8 aromatic rings. The number of hydrogen-bond acceptors (Lipinski definition) is 1. The van der Waals surface area contributed by atoms with E-state index in [9.17, 15) is 0 Å². The normalized spacial score (nSPS) is 14.8. The first-order valence-electron chi connectivity index (χ1n) is 12.3. The summed E-state index contributed by atoms with van der Waals surface area (Å²) < 4.78 is 9.06. The highest BCUT2D eigenvalue weighted by molar-refractivity contribution is 6.33. The SMILES string of the molecule is CC1(C)c2ccccc2-c2cc3c(cc21)c1c2oc4ccccc4c2cc2c4ccccc4n3c21. The van der Waals surface area contributed by atoms with Crippen LogP contribution in [0.1, 0.15) is 25.0 Å². The van der Waals surface area contributed by atoms with Gasteiger partial charge in [0.15, 0.2) is 0 Å². The van der Waals surface area contributed by atoms with Crippen LogP contribution < -0.4 is 0 Å². The van der Waals surface area contributed by atoms with Crippen LogP contribution in [-0.2, 0) is 5.41 Å². The number of fused-ring (bicyclic) bond motifs is 13. The Hall–Kier alpha value is -4.30. The third-order valence-corrected chi connectivity index (χ3v) is 8.51. The van der Waals surface area contributed by atoms with Crippen LogP contribution in [0.3, 0.4) is 0 Å². The number of aromatic nitrogens is 1. The van der Waals surface area contributed by atoms with Gasteiger partial charge in [0, 0.05) is 32.3 Å². The lowest BCUT2D eigenvalue weighted by Crippen LogP contribution is -2.14. The summed E-state index contributed by atoms with van der Waals surface area (Å²) in [5, 5.41) is 7.48. The monoisotopic (exact) mass is 447 g/mol. The summed E-state index contributed by atoms with van der Waals surface area (Å²) in [6.07, 6.45) is 0. The van der Waals surface area contributed by atoms with Crippen molar-refractivity contribution in [2.45, 2.75) is 19.3 Å². The van der Waals surface area contributed by atoms with Gasteiger partial charge in [0.1, 0.15) is 11.2 Å². The Balaban J connectivity index is 1.60. The zero-order valence-corrected chi connectivity index (χ0v) is 19.5. The molecule has 0 N–H and O–H groups in total. The summed E-state index contributed by atoms with van der Waals surface area (Å²) >= 11 is 0. The second-order valence-electron chi connectivity index (χ2n) is 10.6. The first kappa shape index (κ1) is 18.1. The van der Waals surface area contributed by atoms with E-state index < -0.39 is 0 Å². The molecule has 9 rings (SSSR count). The number of rotatable bonds is 0. The first-order chi connectivity index (χ1) is 17.1. The van der Waals surface area contributed by atoms with Gasteiger partial charge in [-0.1, -0.05) is 74.5 Å². The van der Waals surface area contributed by atoms with Crippen LogP contribution in [0.2, 0.25) is 0 Å². The maximum atomic E-state index is 6.59. The number of hydrogen-bond donors (Lipinski definition) is 0. The summed E-state index contributed by atoms with van der Waals surface area (Å²) in [7, 11) is 0. The summed E-state index contributed by atoms with van der Waals surface area (Å²) in [5.74, 6) is 0. The van der Waals surface area contributed by atoms with E-state index in [1.54, 1.807) is 0 Å². The minimum atomic E-state index is -0.0405. The fraction of sp³-hybridized carbons (Fsp3) is 0.0909. The van der Waals surface area contributed by atoms with Crippen molar-refractivity contribution in [2.75, 3.05) is 0 Å². The van der Waals surface area contributed by atoms with Crippen LogP contribution in [0.15, 0.2) is 95.4 Å². The average molecular weight is 448 g/mol. The van der Waals surface area contributed by atoms with Gasteiger partial charge < -0.3 is 8.82 Å². The molecule has 0 spiro atoms. The van der Waals surface area contributed by atoms with E-state index >= 15 is 0 Å². The van der Waals surface area contributed by atoms with Gasteiger partial charge in [0.05, 0.1) is 21.9 Å². The van der Waals surface area contributed by atoms with Crippen molar-refractivity contribution in [3.8, 4) is 11.1 Å². The third-order valence-electron chi connectivity index (χ3n) is 8.51. The molecule has 0 radical (unpaired) electrons. The molecule has 1 aliphatic rings. The largest absolute Gasteiger partial charge is 0.455 e. The zero-order chi connectivity index (χ0) is 23.1. The molecule has 2 heteroatoms. The Labute approximate surface area is 201 Å². The predicted octanol–water partition coefficient (Wildman–Crippen LogP) is 9.04. The van der Waals surface area contributed by atoms with Crippen molar-refractivity contribution in [1.29, 1.82) is 0 Å². The lowest BCUT2D eigenvalue weighted by molar-refractivity contribution is 0.661. The molecule has 0 aliphatic heterocycles. The molecule has 0 atom stereocenters. The molecule has 0 bridgehead atoms. The van der Waals surface area contributed by atoms with E-state index in [0.29, 0.717) is 0 Å². The Morgan fingerprint density at radius 2 is 1.37 bits per heavy atom. The van der Waals surface area contributed by atoms with Gasteiger partial charge in [-0.05, 0) is 52.6 Å². The van der Waals surface area contributed by atoms with Gasteiger partial charge in [-0.15, -0.1) is 0 Å². The van der Waals surface area contributed by atoms with Crippen LogP contribution >= 0.6 is 0 Å². The molecule has 0 fully saturated rings. The van der Waals surface area contributed by atoms with Crippen LogP contribution in [0.5, 0.6) is 0 Å². The third kappa shape index (κ3) is 1.93. The van der Waals surface area contributed by atoms with E-state index in [-0.39, 0.29) is 5.41 Å². The molecule has 164 valence electrons. The Morgan fingerprint density at radius 1 is 0.600 bits per heavy atom. The lowest BCUT2D eigenvalue weighted by atomic mass is 9.82. The van der Waals surface area contributed by atoms with Crippen molar-refractivity contribution < 1.29 is 4.42 Å². The molecule has 0 saturated heterocycles. The molecular formula is C33H21NO. The van der Waals surface area contributed by atoms with Crippen LogP contribution in [0.4, 0.5) is 0 Å². The summed E-state index contributed by atoms with van der Waals surface area (Å²) in [4.78, 5) is 0. The molecule has 2 nitrogen and oxygen atoms in total. The highest BCUT2D eigenvalue weighted by Crippen LogP contribution is 2.52. The minimum Gasteiger partial charge on any atom is -0.455 e. The lowest BCUT2D eigenvalue weighted by Gasteiger charge is -2.21. The van der Waals surface area contributed by atoms with Crippen LogP contribution in [0.25, 0.3) is 71.2 Å². The summed E-state index contributed by atoms with van der Waals surface area (Å²) in [6.45, 7) is 4.71. The smallest absolute Gasteiger partial charge is 0.145 e. The second kappa shape index (κ2) is 5.67. The van der Waals surface area contributed by atoms with Crippen molar-refractivity contribution in [3.63, 3.8) is 0 Å². The van der Waals surface area contributed by atoms with Gasteiger partial charge in [-0.25, -0.2) is 0 Å². The molecule has 0 amide bonds. The van der Waals surface area contributed by atoms with Crippen LogP contribution in [-0.4, -0.2) is 4.40 Å². The number of furan rings is 1. The van der Waals surface area contributed by atoms with Crippen molar-refractivity contribution in [2.24, 2.45) is 0 Å². The van der Waals surface area contributed by atoms with Gasteiger partial charge in [0.25, 0.3) is 0 Å². The molecule has 1 aliphatic carbocycles. The van der Waals surface area contributed by atoms with E-state index in [1.165, 1.54) is 71.1 Å². The Bertz CT molecular complexity index is 2190. The summed E-state index contributed by atoms with van der Waals surface area (Å²) in [5.41, 5.74) is 11.2. The van der Waals surface area contributed by atoms with Gasteiger partial charge in [-0.2, -0.15) is 0 Å². The van der Waals surface area contributed by atoms with Crippen LogP contribution in [0, 0.1) is 0 Å². The number of benzene rings is 5. The zero-order valence-electron chi connectivity index (χ0n) is 19.5. The fourth-order valence-corrected chi connectivity index (χ4v) is 6.93. The standard InChI is InChI=1S/C33H21NO/c1-33(2)25-12-6-3-9-18(25)21-17-28-24(16-26(21)33)30-31-22(19-10-4-7-13-27(19)34(28)31)15-23-20-11-5-8-14-29(20)35-32(23)30/h3-17H,1-2H3. The number of nitrogens with zero attached hydrogens (tertiary/aromatic N) is 1. The topological polar surface area (TPSA) is 17.6 Å². The van der Waals surface area contributed by atoms with Crippen molar-refractivity contribution in [1.82, 2.24) is 4.40 Å². The average Bonchev–Trinajstić information content (AvgIpc) is 3.58. The molecule has 3 aromatic heterocycles. The maximum Gasteiger partial charge on any atom is 0.145 e. The maximum absolute atomic E-state index is 6.59. The van der Waals surface area contributed by atoms with Gasteiger partial charge in [-0.3, -0.25) is 0 Å². The quantitative estimate of drug-likeness (QED) is 0.227. The molecule has 0 unspecified atom stereocenters. The highest BCUT2D eigenvalue weighted by atomic mass is 16.3. The molecule has 5 aromatic carbocycles. The molecular weight excluding hydrogens is 426 g/mol. The van der Waals surface area contributed by atoms with E-state index in [4.69, 9.17) is 4.42 Å². The first-order valence-corrected chi connectivity index (χ1v) is 12.3. The Morgan fingerprint density at radius 3 is 2.29 bits per heavy atom. The molecule has 3 heterocycles. The minimum absolute atomic E-state index is 0.0405. The van der Waals surface area contributed by atoms with Crippen molar-refractivity contribution >= 4 is 60.0 Å². The molecule has 0 saturated carbocycles. The number of para-hydroxylation sites is 2. The predicted molar refractivity (Wildman–Crippen MR) is 146 cm³/mol. The van der Waals surface area contributed by atoms with Gasteiger partial charge >= 0.3 is 0 Å².